The van der Waals surface area contributed by atoms with Gasteiger partial charge in [-0.15, -0.1) is 0 Å². The molecule has 116 valence electrons. The number of halogens is 1. The minimum Gasteiger partial charge on any atom is -0.508 e. The van der Waals surface area contributed by atoms with Crippen molar-refractivity contribution in [2.75, 3.05) is 12.8 Å². The maximum Gasteiger partial charge on any atom is 0.212 e. The second-order valence-electron chi connectivity index (χ2n) is 5.46. The molecule has 0 fully saturated rings. The molecule has 3 rings (SSSR count). The molecule has 0 aliphatic carbocycles. The number of hydrogen-bond acceptors (Lipinski definition) is 3. The van der Waals surface area contributed by atoms with E-state index in [0.29, 0.717) is 13.0 Å². The fourth-order valence-electron chi connectivity index (χ4n) is 2.94. The quantitative estimate of drug-likeness (QED) is 0.748. The van der Waals surface area contributed by atoms with Gasteiger partial charge < -0.3 is 5.11 Å². The van der Waals surface area contributed by atoms with Crippen molar-refractivity contribution in [2.45, 2.75) is 12.5 Å². The van der Waals surface area contributed by atoms with Crippen LogP contribution in [-0.2, 0) is 16.4 Å². The van der Waals surface area contributed by atoms with Gasteiger partial charge in [0.1, 0.15) is 5.75 Å². The van der Waals surface area contributed by atoms with E-state index in [1.165, 1.54) is 10.6 Å². The third kappa shape index (κ3) is 3.00. The van der Waals surface area contributed by atoms with E-state index in [4.69, 9.17) is 0 Å². The van der Waals surface area contributed by atoms with Crippen LogP contribution in [0.1, 0.15) is 22.7 Å². The standard InChI is InChI=1S/C16H16INO3S/c1-22(20,21)18-9-8-12-10-14(19)6-7-15(12)16(18)11-2-4-13(17)5-3-11/h2-7,10,16,19H,8-9H2,1H3. The highest BCUT2D eigenvalue weighted by Gasteiger charge is 2.34. The molecule has 0 saturated heterocycles. The van der Waals surface area contributed by atoms with Gasteiger partial charge in [-0.2, -0.15) is 4.31 Å². The van der Waals surface area contributed by atoms with Crippen LogP contribution >= 0.6 is 22.6 Å². The smallest absolute Gasteiger partial charge is 0.212 e. The summed E-state index contributed by atoms with van der Waals surface area (Å²) in [5.41, 5.74) is 2.89. The molecule has 1 heterocycles. The number of sulfonamides is 1. The zero-order valence-electron chi connectivity index (χ0n) is 12.0. The molecule has 1 N–H and O–H groups in total. The first-order chi connectivity index (χ1) is 10.4. The van der Waals surface area contributed by atoms with Crippen LogP contribution in [0.25, 0.3) is 0 Å². The third-order valence-electron chi connectivity index (χ3n) is 3.92. The van der Waals surface area contributed by atoms with Gasteiger partial charge in [0.25, 0.3) is 0 Å². The number of aromatic hydroxyl groups is 1. The van der Waals surface area contributed by atoms with Gasteiger partial charge in [0.05, 0.1) is 12.3 Å². The first kappa shape index (κ1) is 15.8. The van der Waals surface area contributed by atoms with Gasteiger partial charge in [0.2, 0.25) is 10.0 Å². The van der Waals surface area contributed by atoms with Gasteiger partial charge in [-0.05, 0) is 70.0 Å². The number of nitrogens with zero attached hydrogens (tertiary/aromatic N) is 1. The molecular weight excluding hydrogens is 413 g/mol. The molecule has 2 aromatic carbocycles. The molecule has 1 aliphatic heterocycles. The Morgan fingerprint density at radius 1 is 1.18 bits per heavy atom. The summed E-state index contributed by atoms with van der Waals surface area (Å²) in [6.07, 6.45) is 1.86. The molecule has 0 spiro atoms. The summed E-state index contributed by atoms with van der Waals surface area (Å²) in [4.78, 5) is 0. The van der Waals surface area contributed by atoms with Crippen molar-refractivity contribution in [1.29, 1.82) is 0 Å². The van der Waals surface area contributed by atoms with Crippen LogP contribution in [0.15, 0.2) is 42.5 Å². The van der Waals surface area contributed by atoms with E-state index in [9.17, 15) is 13.5 Å². The van der Waals surface area contributed by atoms with Crippen molar-refractivity contribution < 1.29 is 13.5 Å². The number of fused-ring (bicyclic) bond motifs is 1. The minimum atomic E-state index is -3.32. The Labute approximate surface area is 144 Å². The lowest BCUT2D eigenvalue weighted by Crippen LogP contribution is -2.39. The topological polar surface area (TPSA) is 57.6 Å². The average molecular weight is 429 g/mol. The highest BCUT2D eigenvalue weighted by Crippen LogP contribution is 2.37. The third-order valence-corrected chi connectivity index (χ3v) is 5.89. The predicted molar refractivity (Wildman–Crippen MR) is 94.4 cm³/mol. The van der Waals surface area contributed by atoms with Crippen molar-refractivity contribution in [1.82, 2.24) is 4.31 Å². The van der Waals surface area contributed by atoms with Gasteiger partial charge in [0, 0.05) is 10.1 Å². The summed E-state index contributed by atoms with van der Waals surface area (Å²) < 4.78 is 27.0. The second kappa shape index (κ2) is 5.82. The van der Waals surface area contributed by atoms with Crippen LogP contribution in [0.4, 0.5) is 0 Å². The molecular formula is C16H16INO3S. The summed E-state index contributed by atoms with van der Waals surface area (Å²) in [7, 11) is -3.32. The van der Waals surface area contributed by atoms with Crippen LogP contribution in [0.3, 0.4) is 0 Å². The molecule has 2 aromatic rings. The Balaban J connectivity index is 2.17. The van der Waals surface area contributed by atoms with Crippen LogP contribution in [0.2, 0.25) is 0 Å². The lowest BCUT2D eigenvalue weighted by atomic mass is 9.90. The molecule has 0 aromatic heterocycles. The molecule has 0 amide bonds. The molecule has 4 nitrogen and oxygen atoms in total. The average Bonchev–Trinajstić information content (AvgIpc) is 2.45. The maximum atomic E-state index is 12.2. The van der Waals surface area contributed by atoms with Crippen molar-refractivity contribution in [3.8, 4) is 5.75 Å². The zero-order chi connectivity index (χ0) is 15.9. The van der Waals surface area contributed by atoms with Crippen molar-refractivity contribution in [3.63, 3.8) is 0 Å². The molecule has 22 heavy (non-hydrogen) atoms. The van der Waals surface area contributed by atoms with Crippen molar-refractivity contribution in [2.24, 2.45) is 0 Å². The number of phenolic OH excluding ortho intramolecular Hbond substituents is 1. The first-order valence-electron chi connectivity index (χ1n) is 6.90. The Kier molecular flexibility index (Phi) is 4.17. The summed E-state index contributed by atoms with van der Waals surface area (Å²) in [6.45, 7) is 0.423. The van der Waals surface area contributed by atoms with E-state index in [0.717, 1.165) is 20.3 Å². The monoisotopic (exact) mass is 429 g/mol. The van der Waals surface area contributed by atoms with Gasteiger partial charge in [-0.1, -0.05) is 18.2 Å². The van der Waals surface area contributed by atoms with E-state index in [2.05, 4.69) is 22.6 Å². The van der Waals surface area contributed by atoms with E-state index >= 15 is 0 Å². The lowest BCUT2D eigenvalue weighted by molar-refractivity contribution is 0.346. The zero-order valence-corrected chi connectivity index (χ0v) is 15.0. The van der Waals surface area contributed by atoms with Crippen molar-refractivity contribution in [3.05, 3.63) is 62.7 Å². The van der Waals surface area contributed by atoms with E-state index in [1.807, 2.05) is 30.3 Å². The number of benzene rings is 2. The SMILES string of the molecule is CS(=O)(=O)N1CCc2cc(O)ccc2C1c1ccc(I)cc1. The maximum absolute atomic E-state index is 12.2. The second-order valence-corrected chi connectivity index (χ2v) is 8.64. The Morgan fingerprint density at radius 2 is 1.86 bits per heavy atom. The molecule has 1 unspecified atom stereocenters. The van der Waals surface area contributed by atoms with Gasteiger partial charge in [0.15, 0.2) is 0 Å². The molecule has 0 saturated carbocycles. The molecule has 1 atom stereocenters. The first-order valence-corrected chi connectivity index (χ1v) is 9.83. The van der Waals surface area contributed by atoms with E-state index < -0.39 is 10.0 Å². The predicted octanol–water partition coefficient (Wildman–Crippen LogP) is 2.90. The normalized spacial score (nSPS) is 18.9. The van der Waals surface area contributed by atoms with Gasteiger partial charge in [-0.3, -0.25) is 0 Å². The highest BCUT2D eigenvalue weighted by atomic mass is 127. The summed E-state index contributed by atoms with van der Waals surface area (Å²) in [5.74, 6) is 0.216. The molecule has 6 heteroatoms. The Bertz CT molecular complexity index is 803. The van der Waals surface area contributed by atoms with Crippen molar-refractivity contribution >= 4 is 32.6 Å². The minimum absolute atomic E-state index is 0.216. The molecule has 1 aliphatic rings. The van der Waals surface area contributed by atoms with E-state index in [-0.39, 0.29) is 11.8 Å². The largest absolute Gasteiger partial charge is 0.508 e. The highest BCUT2D eigenvalue weighted by molar-refractivity contribution is 14.1. The van der Waals surface area contributed by atoms with Gasteiger partial charge in [-0.25, -0.2) is 8.42 Å². The van der Waals surface area contributed by atoms with Crippen LogP contribution in [0.5, 0.6) is 5.75 Å². The fourth-order valence-corrected chi connectivity index (χ4v) is 4.34. The summed E-state index contributed by atoms with van der Waals surface area (Å²) in [6, 6.07) is 12.7. The van der Waals surface area contributed by atoms with Crippen LogP contribution in [0, 0.1) is 3.57 Å². The summed E-state index contributed by atoms with van der Waals surface area (Å²) in [5, 5.41) is 9.67. The number of hydrogen-bond donors (Lipinski definition) is 1. The van der Waals surface area contributed by atoms with Crippen LogP contribution < -0.4 is 0 Å². The number of rotatable bonds is 2. The van der Waals surface area contributed by atoms with Crippen LogP contribution in [-0.4, -0.2) is 30.6 Å². The Morgan fingerprint density at radius 3 is 2.50 bits per heavy atom. The van der Waals surface area contributed by atoms with E-state index in [1.54, 1.807) is 12.1 Å². The lowest BCUT2D eigenvalue weighted by Gasteiger charge is -2.36. The molecule has 0 radical (unpaired) electrons. The summed E-state index contributed by atoms with van der Waals surface area (Å²) >= 11 is 2.23. The Hall–Kier alpha value is -1.12. The fraction of sp³-hybridized carbons (Fsp3) is 0.250. The van der Waals surface area contributed by atoms with Gasteiger partial charge >= 0.3 is 0 Å². The molecule has 0 bridgehead atoms. The number of phenols is 1.